The van der Waals surface area contributed by atoms with Crippen LogP contribution in [-0.2, 0) is 20.7 Å². The van der Waals surface area contributed by atoms with E-state index in [1.54, 1.807) is 35.6 Å². The van der Waals surface area contributed by atoms with Gasteiger partial charge in [0.05, 0.1) is 13.5 Å². The monoisotopic (exact) mass is 360 g/mol. The van der Waals surface area contributed by atoms with Gasteiger partial charge in [0.1, 0.15) is 0 Å². The van der Waals surface area contributed by atoms with Crippen molar-refractivity contribution in [2.24, 2.45) is 0 Å². The van der Waals surface area contributed by atoms with Crippen molar-refractivity contribution in [1.29, 1.82) is 0 Å². The van der Waals surface area contributed by atoms with E-state index in [1.165, 1.54) is 7.11 Å². The fourth-order valence-electron chi connectivity index (χ4n) is 2.10. The minimum absolute atomic E-state index is 0.0681. The zero-order valence-corrected chi connectivity index (χ0v) is 14.7. The summed E-state index contributed by atoms with van der Waals surface area (Å²) in [7, 11) is 1.30. The molecule has 0 bridgehead atoms. The Bertz CT molecular complexity index is 711. The highest BCUT2D eigenvalue weighted by atomic mass is 32.1. The van der Waals surface area contributed by atoms with E-state index in [2.05, 4.69) is 15.4 Å². The summed E-state index contributed by atoms with van der Waals surface area (Å²) in [4.78, 5) is 34.9. The fourth-order valence-corrected chi connectivity index (χ4v) is 2.81. The molecule has 0 saturated carbocycles. The zero-order chi connectivity index (χ0) is 18.1. The number of amides is 2. The van der Waals surface area contributed by atoms with Crippen molar-refractivity contribution in [2.75, 3.05) is 19.0 Å². The second-order valence-corrected chi connectivity index (χ2v) is 6.12. The van der Waals surface area contributed by atoms with E-state index in [0.717, 1.165) is 5.56 Å². The molecular formula is C18H20N2O4S. The molecule has 1 aromatic heterocycles. The summed E-state index contributed by atoms with van der Waals surface area (Å²) in [5.41, 5.74) is 2.25. The normalized spacial score (nSPS) is 10.1. The third-order valence-electron chi connectivity index (χ3n) is 3.49. The van der Waals surface area contributed by atoms with E-state index in [0.29, 0.717) is 24.1 Å². The smallest absolute Gasteiger partial charge is 0.307 e. The maximum absolute atomic E-state index is 11.9. The van der Waals surface area contributed by atoms with Gasteiger partial charge in [0, 0.05) is 24.2 Å². The lowest BCUT2D eigenvalue weighted by atomic mass is 10.1. The number of carbonyl (C=O) groups excluding carboxylic acids is 3. The highest BCUT2D eigenvalue weighted by Gasteiger charge is 2.08. The van der Waals surface area contributed by atoms with Gasteiger partial charge in [-0.3, -0.25) is 14.4 Å². The highest BCUT2D eigenvalue weighted by Crippen LogP contribution is 2.12. The van der Waals surface area contributed by atoms with E-state index in [9.17, 15) is 14.4 Å². The molecule has 0 fully saturated rings. The molecule has 0 spiro atoms. The molecule has 7 heteroatoms. The Morgan fingerprint density at radius 3 is 2.48 bits per heavy atom. The molecule has 2 N–H and O–H groups in total. The van der Waals surface area contributed by atoms with E-state index in [-0.39, 0.29) is 30.7 Å². The number of aryl methyl sites for hydroxylation is 1. The van der Waals surface area contributed by atoms with Crippen molar-refractivity contribution in [3.05, 3.63) is 52.2 Å². The Morgan fingerprint density at radius 2 is 1.84 bits per heavy atom. The molecule has 0 aliphatic rings. The summed E-state index contributed by atoms with van der Waals surface area (Å²) in [6.45, 7) is 0.215. The van der Waals surface area contributed by atoms with Gasteiger partial charge >= 0.3 is 5.97 Å². The predicted molar refractivity (Wildman–Crippen MR) is 96.7 cm³/mol. The third kappa shape index (κ3) is 6.39. The summed E-state index contributed by atoms with van der Waals surface area (Å²) in [6.07, 6.45) is 1.24. The van der Waals surface area contributed by atoms with Crippen LogP contribution in [0.1, 0.15) is 28.8 Å². The van der Waals surface area contributed by atoms with Crippen LogP contribution >= 0.6 is 11.3 Å². The predicted octanol–water partition coefficient (Wildman–Crippen LogP) is 2.61. The fraction of sp³-hybridized carbons (Fsp3) is 0.278. The van der Waals surface area contributed by atoms with Crippen LogP contribution in [0, 0.1) is 0 Å². The molecule has 2 rings (SSSR count). The largest absolute Gasteiger partial charge is 0.469 e. The van der Waals surface area contributed by atoms with Crippen LogP contribution in [0.3, 0.4) is 0 Å². The summed E-state index contributed by atoms with van der Waals surface area (Å²) in [5, 5.41) is 9.46. The minimum Gasteiger partial charge on any atom is -0.469 e. The number of hydrogen-bond donors (Lipinski definition) is 2. The molecule has 0 radical (unpaired) electrons. The van der Waals surface area contributed by atoms with Crippen LogP contribution in [0.15, 0.2) is 41.1 Å². The molecule has 1 heterocycles. The van der Waals surface area contributed by atoms with E-state index in [4.69, 9.17) is 0 Å². The van der Waals surface area contributed by atoms with Gasteiger partial charge in [-0.2, -0.15) is 11.3 Å². The van der Waals surface area contributed by atoms with Gasteiger partial charge in [0.25, 0.3) is 5.91 Å². The SMILES string of the molecule is COC(=O)CCNC(=O)c1ccc(NC(=O)CCc2ccsc2)cc1. The van der Waals surface area contributed by atoms with Crippen molar-refractivity contribution in [3.63, 3.8) is 0 Å². The quantitative estimate of drug-likeness (QED) is 0.709. The lowest BCUT2D eigenvalue weighted by Gasteiger charge is -2.07. The number of methoxy groups -OCH3 is 1. The topological polar surface area (TPSA) is 84.5 Å². The third-order valence-corrected chi connectivity index (χ3v) is 4.23. The average Bonchev–Trinajstić information content (AvgIpc) is 3.14. The minimum atomic E-state index is -0.374. The Kier molecular flexibility index (Phi) is 7.16. The Hall–Kier alpha value is -2.67. The standard InChI is InChI=1S/C18H20N2O4S/c1-24-17(22)8-10-19-18(23)14-3-5-15(6-4-14)20-16(21)7-2-13-9-11-25-12-13/h3-6,9,11-12H,2,7-8,10H2,1H3,(H,19,23)(H,20,21). The van der Waals surface area contributed by atoms with E-state index < -0.39 is 0 Å². The number of hydrogen-bond acceptors (Lipinski definition) is 5. The number of nitrogens with one attached hydrogen (secondary N) is 2. The molecule has 2 amide bonds. The molecule has 0 aliphatic carbocycles. The molecular weight excluding hydrogens is 340 g/mol. The first-order valence-electron chi connectivity index (χ1n) is 7.84. The van der Waals surface area contributed by atoms with Crippen molar-refractivity contribution >= 4 is 34.8 Å². The number of rotatable bonds is 8. The molecule has 6 nitrogen and oxygen atoms in total. The second-order valence-electron chi connectivity index (χ2n) is 5.34. The summed E-state index contributed by atoms with van der Waals surface area (Å²) < 4.78 is 4.50. The summed E-state index contributed by atoms with van der Waals surface area (Å²) in [6, 6.07) is 8.62. The van der Waals surface area contributed by atoms with Gasteiger partial charge in [-0.05, 0) is 53.1 Å². The summed E-state index contributed by atoms with van der Waals surface area (Å²) in [5.74, 6) is -0.721. The maximum Gasteiger partial charge on any atom is 0.307 e. The maximum atomic E-state index is 11.9. The molecule has 0 aliphatic heterocycles. The summed E-state index contributed by atoms with van der Waals surface area (Å²) >= 11 is 1.61. The first-order chi connectivity index (χ1) is 12.1. The van der Waals surface area contributed by atoms with Crippen molar-refractivity contribution in [1.82, 2.24) is 5.32 Å². The van der Waals surface area contributed by atoms with Gasteiger partial charge < -0.3 is 15.4 Å². The van der Waals surface area contributed by atoms with Gasteiger partial charge in [0.2, 0.25) is 5.91 Å². The molecule has 0 atom stereocenters. The first-order valence-corrected chi connectivity index (χ1v) is 8.79. The van der Waals surface area contributed by atoms with Crippen LogP contribution in [0.5, 0.6) is 0 Å². The number of esters is 1. The molecule has 0 saturated heterocycles. The van der Waals surface area contributed by atoms with Crippen LogP contribution in [0.25, 0.3) is 0 Å². The van der Waals surface area contributed by atoms with Crippen molar-refractivity contribution in [2.45, 2.75) is 19.3 Å². The molecule has 25 heavy (non-hydrogen) atoms. The first kappa shape index (κ1) is 18.7. The molecule has 0 unspecified atom stereocenters. The lowest BCUT2D eigenvalue weighted by molar-refractivity contribution is -0.140. The van der Waals surface area contributed by atoms with E-state index in [1.807, 2.05) is 16.8 Å². The number of benzene rings is 1. The second kappa shape index (κ2) is 9.58. The molecule has 1 aromatic carbocycles. The number of carbonyl (C=O) groups is 3. The number of ether oxygens (including phenoxy) is 1. The van der Waals surface area contributed by atoms with Gasteiger partial charge in [0.15, 0.2) is 0 Å². The van der Waals surface area contributed by atoms with Crippen LogP contribution in [0.2, 0.25) is 0 Å². The zero-order valence-electron chi connectivity index (χ0n) is 13.9. The van der Waals surface area contributed by atoms with Gasteiger partial charge in [-0.15, -0.1) is 0 Å². The lowest BCUT2D eigenvalue weighted by Crippen LogP contribution is -2.26. The number of anilines is 1. The van der Waals surface area contributed by atoms with Crippen molar-refractivity contribution in [3.8, 4) is 0 Å². The Labute approximate surface area is 150 Å². The number of thiophene rings is 1. The average molecular weight is 360 g/mol. The Balaban J connectivity index is 1.77. The molecule has 132 valence electrons. The Morgan fingerprint density at radius 1 is 1.08 bits per heavy atom. The van der Waals surface area contributed by atoms with Crippen LogP contribution < -0.4 is 10.6 Å². The van der Waals surface area contributed by atoms with Gasteiger partial charge in [-0.1, -0.05) is 0 Å². The van der Waals surface area contributed by atoms with Crippen molar-refractivity contribution < 1.29 is 19.1 Å². The van der Waals surface area contributed by atoms with Gasteiger partial charge in [-0.25, -0.2) is 0 Å². The highest BCUT2D eigenvalue weighted by molar-refractivity contribution is 7.07. The van der Waals surface area contributed by atoms with Crippen LogP contribution in [0.4, 0.5) is 5.69 Å². The molecule has 2 aromatic rings. The van der Waals surface area contributed by atoms with E-state index >= 15 is 0 Å². The van der Waals surface area contributed by atoms with Crippen LogP contribution in [-0.4, -0.2) is 31.4 Å².